The molecule has 0 atom stereocenters. The highest BCUT2D eigenvalue weighted by atomic mass is 32.2. The molecule has 6 nitrogen and oxygen atoms in total. The van der Waals surface area contributed by atoms with Crippen LogP contribution in [0.4, 0.5) is 0 Å². The van der Waals surface area contributed by atoms with Crippen molar-refractivity contribution in [1.82, 2.24) is 9.21 Å². The van der Waals surface area contributed by atoms with Gasteiger partial charge in [-0.25, -0.2) is 8.42 Å². The Morgan fingerprint density at radius 3 is 2.27 bits per heavy atom. The van der Waals surface area contributed by atoms with E-state index in [2.05, 4.69) is 0 Å². The molecule has 0 unspecified atom stereocenters. The number of amides is 1. The van der Waals surface area contributed by atoms with Gasteiger partial charge in [-0.3, -0.25) is 4.79 Å². The van der Waals surface area contributed by atoms with Crippen molar-refractivity contribution in [2.24, 2.45) is 5.73 Å². The SMILES string of the molecule is Cc1cc(S(=O)(=O)N2CCN(C(=O)C3(N)CC3)CC2)c(C)s1. The summed E-state index contributed by atoms with van der Waals surface area (Å²) in [7, 11) is -3.47. The lowest BCUT2D eigenvalue weighted by molar-refractivity contribution is -0.134. The van der Waals surface area contributed by atoms with E-state index in [4.69, 9.17) is 5.73 Å². The van der Waals surface area contributed by atoms with Gasteiger partial charge in [-0.05, 0) is 32.8 Å². The van der Waals surface area contributed by atoms with Gasteiger partial charge in [0.25, 0.3) is 0 Å². The van der Waals surface area contributed by atoms with Gasteiger partial charge in [0.15, 0.2) is 0 Å². The predicted octanol–water partition coefficient (Wildman–Crippen LogP) is 0.689. The largest absolute Gasteiger partial charge is 0.338 e. The fourth-order valence-corrected chi connectivity index (χ4v) is 5.74. The minimum absolute atomic E-state index is 0.0351. The van der Waals surface area contributed by atoms with E-state index in [1.54, 1.807) is 11.0 Å². The Balaban J connectivity index is 1.71. The Kier molecular flexibility index (Phi) is 3.83. The fraction of sp³-hybridized carbons (Fsp3) is 0.643. The molecule has 1 saturated heterocycles. The number of hydrogen-bond acceptors (Lipinski definition) is 5. The van der Waals surface area contributed by atoms with Crippen molar-refractivity contribution in [3.63, 3.8) is 0 Å². The van der Waals surface area contributed by atoms with Crippen LogP contribution in [0.25, 0.3) is 0 Å². The molecule has 1 amide bonds. The van der Waals surface area contributed by atoms with Crippen molar-refractivity contribution >= 4 is 27.3 Å². The molecule has 0 radical (unpaired) electrons. The van der Waals surface area contributed by atoms with Gasteiger partial charge in [-0.2, -0.15) is 4.31 Å². The summed E-state index contributed by atoms with van der Waals surface area (Å²) in [6.45, 7) is 5.23. The summed E-state index contributed by atoms with van der Waals surface area (Å²) in [5, 5.41) is 0. The molecule has 2 aliphatic rings. The first-order valence-electron chi connectivity index (χ1n) is 7.39. The number of thiophene rings is 1. The Labute approximate surface area is 134 Å². The topological polar surface area (TPSA) is 83.7 Å². The van der Waals surface area contributed by atoms with Gasteiger partial charge in [0.05, 0.1) is 10.4 Å². The standard InChI is InChI=1S/C14H21N3O3S2/c1-10-9-12(11(2)21-10)22(19,20)17-7-5-16(6-8-17)13(18)14(15)3-4-14/h9H,3-8,15H2,1-2H3. The molecular formula is C14H21N3O3S2. The number of carbonyl (C=O) groups excluding carboxylic acids is 1. The second-order valence-corrected chi connectivity index (χ2v) is 9.50. The molecule has 22 heavy (non-hydrogen) atoms. The number of carbonyl (C=O) groups is 1. The maximum Gasteiger partial charge on any atom is 0.244 e. The highest BCUT2D eigenvalue weighted by molar-refractivity contribution is 7.89. The van der Waals surface area contributed by atoms with E-state index in [1.807, 2.05) is 13.8 Å². The summed E-state index contributed by atoms with van der Waals surface area (Å²) in [6, 6.07) is 1.73. The van der Waals surface area contributed by atoms with Gasteiger partial charge in [0, 0.05) is 35.9 Å². The van der Waals surface area contributed by atoms with Gasteiger partial charge in [0.1, 0.15) is 0 Å². The van der Waals surface area contributed by atoms with E-state index in [0.29, 0.717) is 31.1 Å². The fourth-order valence-electron chi connectivity index (χ4n) is 2.80. The van der Waals surface area contributed by atoms with E-state index in [1.165, 1.54) is 15.6 Å². The number of piperazine rings is 1. The normalized spacial score (nSPS) is 21.9. The predicted molar refractivity (Wildman–Crippen MR) is 85.3 cm³/mol. The lowest BCUT2D eigenvalue weighted by Gasteiger charge is -2.35. The summed E-state index contributed by atoms with van der Waals surface area (Å²) in [4.78, 5) is 16.1. The van der Waals surface area contributed by atoms with Gasteiger partial charge in [-0.15, -0.1) is 11.3 Å². The van der Waals surface area contributed by atoms with Crippen molar-refractivity contribution in [1.29, 1.82) is 0 Å². The third kappa shape index (κ3) is 2.68. The quantitative estimate of drug-likeness (QED) is 0.875. The number of nitrogens with two attached hydrogens (primary N) is 1. The zero-order chi connectivity index (χ0) is 16.1. The maximum absolute atomic E-state index is 12.7. The van der Waals surface area contributed by atoms with Crippen LogP contribution in [0.3, 0.4) is 0 Å². The first-order valence-corrected chi connectivity index (χ1v) is 9.65. The molecule has 1 aliphatic heterocycles. The smallest absolute Gasteiger partial charge is 0.244 e. The van der Waals surface area contributed by atoms with Crippen molar-refractivity contribution in [2.75, 3.05) is 26.2 Å². The zero-order valence-electron chi connectivity index (χ0n) is 12.8. The minimum atomic E-state index is -3.47. The molecule has 0 aromatic carbocycles. The lowest BCUT2D eigenvalue weighted by Crippen LogP contribution is -2.55. The van der Waals surface area contributed by atoms with E-state index in [9.17, 15) is 13.2 Å². The molecule has 122 valence electrons. The summed E-state index contributed by atoms with van der Waals surface area (Å²) >= 11 is 1.49. The van der Waals surface area contributed by atoms with E-state index in [-0.39, 0.29) is 5.91 Å². The van der Waals surface area contributed by atoms with Gasteiger partial charge >= 0.3 is 0 Å². The highest BCUT2D eigenvalue weighted by Gasteiger charge is 2.48. The molecule has 1 saturated carbocycles. The number of hydrogen-bond donors (Lipinski definition) is 1. The van der Waals surface area contributed by atoms with Crippen molar-refractivity contribution < 1.29 is 13.2 Å². The molecule has 2 heterocycles. The average Bonchev–Trinajstić information content (AvgIpc) is 3.13. The highest BCUT2D eigenvalue weighted by Crippen LogP contribution is 2.35. The molecular weight excluding hydrogens is 322 g/mol. The van der Waals surface area contributed by atoms with Crippen LogP contribution in [-0.2, 0) is 14.8 Å². The maximum atomic E-state index is 12.7. The first kappa shape index (κ1) is 15.9. The van der Waals surface area contributed by atoms with Crippen molar-refractivity contribution in [2.45, 2.75) is 37.1 Å². The van der Waals surface area contributed by atoms with Crippen LogP contribution >= 0.6 is 11.3 Å². The molecule has 8 heteroatoms. The number of nitrogens with zero attached hydrogens (tertiary/aromatic N) is 2. The summed E-state index contributed by atoms with van der Waals surface area (Å²) in [5.41, 5.74) is 5.25. The second-order valence-electron chi connectivity index (χ2n) is 6.13. The van der Waals surface area contributed by atoms with Crippen LogP contribution in [-0.4, -0.2) is 55.2 Å². The van der Waals surface area contributed by atoms with Crippen molar-refractivity contribution in [3.8, 4) is 0 Å². The van der Waals surface area contributed by atoms with Crippen LogP contribution in [0.2, 0.25) is 0 Å². The Morgan fingerprint density at radius 2 is 1.82 bits per heavy atom. The Hall–Kier alpha value is -0.960. The summed E-state index contributed by atoms with van der Waals surface area (Å²) in [5.74, 6) is -0.0351. The van der Waals surface area contributed by atoms with E-state index < -0.39 is 15.6 Å². The third-order valence-electron chi connectivity index (χ3n) is 4.35. The number of sulfonamides is 1. The summed E-state index contributed by atoms with van der Waals surface area (Å²) < 4.78 is 26.9. The van der Waals surface area contributed by atoms with Crippen LogP contribution in [0.1, 0.15) is 22.6 Å². The molecule has 2 fully saturated rings. The molecule has 0 spiro atoms. The molecule has 1 aromatic rings. The van der Waals surface area contributed by atoms with Gasteiger partial charge < -0.3 is 10.6 Å². The first-order chi connectivity index (χ1) is 10.2. The van der Waals surface area contributed by atoms with Crippen LogP contribution in [0.5, 0.6) is 0 Å². The van der Waals surface area contributed by atoms with Crippen LogP contribution in [0.15, 0.2) is 11.0 Å². The second kappa shape index (κ2) is 5.30. The van der Waals surface area contributed by atoms with Gasteiger partial charge in [0.2, 0.25) is 15.9 Å². The third-order valence-corrected chi connectivity index (χ3v) is 7.47. The van der Waals surface area contributed by atoms with Crippen LogP contribution < -0.4 is 5.73 Å². The Bertz CT molecular complexity index is 699. The monoisotopic (exact) mass is 343 g/mol. The lowest BCUT2D eigenvalue weighted by atomic mass is 10.2. The average molecular weight is 343 g/mol. The Morgan fingerprint density at radius 1 is 1.23 bits per heavy atom. The summed E-state index contributed by atoms with van der Waals surface area (Å²) in [6.07, 6.45) is 1.47. The number of aryl methyl sites for hydroxylation is 2. The molecule has 0 bridgehead atoms. The van der Waals surface area contributed by atoms with E-state index in [0.717, 1.165) is 22.6 Å². The molecule has 1 aromatic heterocycles. The number of rotatable bonds is 3. The molecule has 1 aliphatic carbocycles. The van der Waals surface area contributed by atoms with Gasteiger partial charge in [-0.1, -0.05) is 0 Å². The van der Waals surface area contributed by atoms with Crippen LogP contribution in [0, 0.1) is 13.8 Å². The van der Waals surface area contributed by atoms with E-state index >= 15 is 0 Å². The zero-order valence-corrected chi connectivity index (χ0v) is 14.5. The van der Waals surface area contributed by atoms with Crippen molar-refractivity contribution in [3.05, 3.63) is 15.8 Å². The molecule has 2 N–H and O–H groups in total. The molecule has 3 rings (SSSR count). The minimum Gasteiger partial charge on any atom is -0.338 e.